The lowest BCUT2D eigenvalue weighted by molar-refractivity contribution is -0.111. The van der Waals surface area contributed by atoms with E-state index in [0.717, 1.165) is 11.3 Å². The van der Waals surface area contributed by atoms with E-state index in [2.05, 4.69) is 15.0 Å². The summed E-state index contributed by atoms with van der Waals surface area (Å²) in [6, 6.07) is 7.54. The third-order valence-electron chi connectivity index (χ3n) is 2.18. The van der Waals surface area contributed by atoms with Crippen molar-refractivity contribution in [3.8, 4) is 0 Å². The Bertz CT molecular complexity index is 526. The maximum atomic E-state index is 11.3. The number of nitrogens with zero attached hydrogens (tertiary/aromatic N) is 3. The molecular formula is C10H5N3O. The third-order valence-corrected chi connectivity index (χ3v) is 2.18. The monoisotopic (exact) mass is 183 g/mol. The van der Waals surface area contributed by atoms with Gasteiger partial charge in [0.1, 0.15) is 12.1 Å². The van der Waals surface area contributed by atoms with Crippen molar-refractivity contribution in [2.75, 3.05) is 0 Å². The third kappa shape index (κ3) is 0.821. The summed E-state index contributed by atoms with van der Waals surface area (Å²) >= 11 is 0. The molecule has 0 unspecified atom stereocenters. The Morgan fingerprint density at radius 1 is 1.07 bits per heavy atom. The van der Waals surface area contributed by atoms with Crippen LogP contribution in [-0.4, -0.2) is 23.7 Å². The molecule has 0 N–H and O–H groups in total. The fourth-order valence-electron chi connectivity index (χ4n) is 1.55. The Labute approximate surface area is 79.7 Å². The van der Waals surface area contributed by atoms with Crippen LogP contribution in [0.1, 0.15) is 5.56 Å². The first-order chi connectivity index (χ1) is 6.86. The van der Waals surface area contributed by atoms with E-state index >= 15 is 0 Å². The topological polar surface area (TPSA) is 54.1 Å². The SMILES string of the molecule is O=C1N=CN=C2C1=Nc1ccccc12. The summed E-state index contributed by atoms with van der Waals surface area (Å²) in [6.07, 6.45) is 1.28. The number of hydrogen-bond acceptors (Lipinski definition) is 3. The van der Waals surface area contributed by atoms with Crippen molar-refractivity contribution >= 4 is 29.4 Å². The molecule has 2 heterocycles. The van der Waals surface area contributed by atoms with Crippen molar-refractivity contribution in [3.63, 3.8) is 0 Å². The van der Waals surface area contributed by atoms with Gasteiger partial charge in [-0.25, -0.2) is 9.98 Å². The van der Waals surface area contributed by atoms with Crippen molar-refractivity contribution in [1.29, 1.82) is 0 Å². The van der Waals surface area contributed by atoms with Crippen molar-refractivity contribution < 1.29 is 4.79 Å². The molecule has 4 nitrogen and oxygen atoms in total. The van der Waals surface area contributed by atoms with E-state index in [1.165, 1.54) is 6.34 Å². The zero-order chi connectivity index (χ0) is 9.54. The van der Waals surface area contributed by atoms with Gasteiger partial charge in [-0.1, -0.05) is 18.2 Å². The highest BCUT2D eigenvalue weighted by atomic mass is 16.1. The van der Waals surface area contributed by atoms with Gasteiger partial charge in [-0.2, -0.15) is 4.99 Å². The van der Waals surface area contributed by atoms with Crippen LogP contribution in [0.2, 0.25) is 0 Å². The van der Waals surface area contributed by atoms with Gasteiger partial charge >= 0.3 is 0 Å². The summed E-state index contributed by atoms with van der Waals surface area (Å²) < 4.78 is 0. The summed E-state index contributed by atoms with van der Waals surface area (Å²) in [5, 5.41) is 0. The van der Waals surface area contributed by atoms with Crippen LogP contribution < -0.4 is 0 Å². The fourth-order valence-corrected chi connectivity index (χ4v) is 1.55. The van der Waals surface area contributed by atoms with Gasteiger partial charge in [0, 0.05) is 5.56 Å². The molecule has 1 aromatic carbocycles. The second kappa shape index (κ2) is 2.45. The number of benzene rings is 1. The first-order valence-corrected chi connectivity index (χ1v) is 4.19. The molecular weight excluding hydrogens is 178 g/mol. The van der Waals surface area contributed by atoms with Crippen molar-refractivity contribution in [2.45, 2.75) is 0 Å². The smallest absolute Gasteiger partial charge is 0.265 e. The van der Waals surface area contributed by atoms with Gasteiger partial charge in [0.25, 0.3) is 5.91 Å². The van der Waals surface area contributed by atoms with E-state index in [-0.39, 0.29) is 5.91 Å². The molecule has 0 radical (unpaired) electrons. The molecule has 2 aliphatic rings. The number of fused-ring (bicyclic) bond motifs is 3. The zero-order valence-corrected chi connectivity index (χ0v) is 7.14. The van der Waals surface area contributed by atoms with Crippen molar-refractivity contribution in [3.05, 3.63) is 29.8 Å². The molecule has 0 aliphatic carbocycles. The molecule has 0 saturated carbocycles. The Morgan fingerprint density at radius 2 is 1.93 bits per heavy atom. The van der Waals surface area contributed by atoms with E-state index < -0.39 is 0 Å². The molecule has 1 aromatic rings. The summed E-state index contributed by atoms with van der Waals surface area (Å²) in [5.74, 6) is -0.314. The molecule has 0 bridgehead atoms. The number of amides is 1. The Morgan fingerprint density at radius 3 is 2.86 bits per heavy atom. The molecule has 66 valence electrons. The number of carbonyl (C=O) groups is 1. The van der Waals surface area contributed by atoms with E-state index in [1.54, 1.807) is 0 Å². The quantitative estimate of drug-likeness (QED) is 0.594. The summed E-state index contributed by atoms with van der Waals surface area (Å²) in [7, 11) is 0. The molecule has 14 heavy (non-hydrogen) atoms. The fraction of sp³-hybridized carbons (Fsp3) is 0. The van der Waals surface area contributed by atoms with Gasteiger partial charge < -0.3 is 0 Å². The average molecular weight is 183 g/mol. The highest BCUT2D eigenvalue weighted by Gasteiger charge is 2.28. The number of carbonyl (C=O) groups excluding carboxylic acids is 1. The van der Waals surface area contributed by atoms with E-state index in [0.29, 0.717) is 11.4 Å². The van der Waals surface area contributed by atoms with Crippen molar-refractivity contribution in [2.24, 2.45) is 15.0 Å². The average Bonchev–Trinajstić information content (AvgIpc) is 2.59. The minimum Gasteiger partial charge on any atom is -0.265 e. The molecule has 0 saturated heterocycles. The van der Waals surface area contributed by atoms with Crippen molar-refractivity contribution in [1.82, 2.24) is 0 Å². The number of hydrogen-bond donors (Lipinski definition) is 0. The first kappa shape index (κ1) is 7.32. The van der Waals surface area contributed by atoms with E-state index in [4.69, 9.17) is 0 Å². The first-order valence-electron chi connectivity index (χ1n) is 4.19. The number of rotatable bonds is 0. The molecule has 4 heteroatoms. The lowest BCUT2D eigenvalue weighted by Crippen LogP contribution is -2.23. The Hall–Kier alpha value is -2.10. The van der Waals surface area contributed by atoms with Crippen LogP contribution in [-0.2, 0) is 4.79 Å². The second-order valence-electron chi connectivity index (χ2n) is 3.00. The lowest BCUT2D eigenvalue weighted by Gasteiger charge is -2.01. The maximum absolute atomic E-state index is 11.3. The lowest BCUT2D eigenvalue weighted by atomic mass is 10.1. The molecule has 2 aliphatic heterocycles. The van der Waals surface area contributed by atoms with E-state index in [1.807, 2.05) is 24.3 Å². The highest BCUT2D eigenvalue weighted by molar-refractivity contribution is 6.74. The van der Waals surface area contributed by atoms with Gasteiger partial charge in [-0.3, -0.25) is 4.79 Å². The van der Waals surface area contributed by atoms with Gasteiger partial charge in [0.15, 0.2) is 5.71 Å². The molecule has 1 amide bonds. The molecule has 0 atom stereocenters. The summed E-state index contributed by atoms with van der Waals surface area (Å²) in [4.78, 5) is 23.1. The molecule has 3 rings (SSSR count). The number of aliphatic imine (C=N–C) groups is 3. The molecule has 0 fully saturated rings. The molecule has 0 aromatic heterocycles. The van der Waals surface area contributed by atoms with Crippen LogP contribution in [0.3, 0.4) is 0 Å². The predicted molar refractivity (Wildman–Crippen MR) is 53.6 cm³/mol. The van der Waals surface area contributed by atoms with Gasteiger partial charge in [0.05, 0.1) is 5.69 Å². The zero-order valence-electron chi connectivity index (χ0n) is 7.14. The standard InChI is InChI=1S/C10H5N3O/c14-10-9-8(11-5-12-10)6-3-1-2-4-7(6)13-9/h1-5H. The molecule has 0 spiro atoms. The van der Waals surface area contributed by atoms with Crippen LogP contribution in [0.4, 0.5) is 5.69 Å². The summed E-state index contributed by atoms with van der Waals surface area (Å²) in [6.45, 7) is 0. The number of para-hydroxylation sites is 1. The van der Waals surface area contributed by atoms with Gasteiger partial charge in [0.2, 0.25) is 0 Å². The van der Waals surface area contributed by atoms with Gasteiger partial charge in [-0.05, 0) is 6.07 Å². The largest absolute Gasteiger partial charge is 0.299 e. The van der Waals surface area contributed by atoms with Gasteiger partial charge in [-0.15, -0.1) is 0 Å². The minimum absolute atomic E-state index is 0.314. The van der Waals surface area contributed by atoms with Crippen LogP contribution >= 0.6 is 0 Å². The predicted octanol–water partition coefficient (Wildman–Crippen LogP) is 1.13. The van der Waals surface area contributed by atoms with Crippen LogP contribution in [0.15, 0.2) is 39.2 Å². The highest BCUT2D eigenvalue weighted by Crippen LogP contribution is 2.27. The summed E-state index contributed by atoms with van der Waals surface area (Å²) in [5.41, 5.74) is 2.69. The second-order valence-corrected chi connectivity index (χ2v) is 3.00. The maximum Gasteiger partial charge on any atom is 0.299 e. The van der Waals surface area contributed by atoms with Crippen LogP contribution in [0.5, 0.6) is 0 Å². The normalized spacial score (nSPS) is 17.3. The Balaban J connectivity index is 2.29. The minimum atomic E-state index is -0.314. The van der Waals surface area contributed by atoms with Crippen LogP contribution in [0.25, 0.3) is 0 Å². The Kier molecular flexibility index (Phi) is 1.28. The van der Waals surface area contributed by atoms with E-state index in [9.17, 15) is 4.79 Å². The van der Waals surface area contributed by atoms with Crippen LogP contribution in [0, 0.1) is 0 Å².